The van der Waals surface area contributed by atoms with Gasteiger partial charge in [0.2, 0.25) is 0 Å². The molecule has 0 atom stereocenters. The zero-order chi connectivity index (χ0) is 20.5. The quantitative estimate of drug-likeness (QED) is 0.552. The molecular formula is C24H26N2O3. The molecule has 5 heteroatoms. The molecule has 29 heavy (non-hydrogen) atoms. The summed E-state index contributed by atoms with van der Waals surface area (Å²) in [5, 5.41) is 3.00. The van der Waals surface area contributed by atoms with Crippen molar-refractivity contribution in [2.24, 2.45) is 0 Å². The van der Waals surface area contributed by atoms with Gasteiger partial charge in [-0.05, 0) is 49.6 Å². The zero-order valence-corrected chi connectivity index (χ0v) is 16.9. The Hall–Kier alpha value is -3.34. The van der Waals surface area contributed by atoms with Crippen LogP contribution >= 0.6 is 0 Å². The first-order valence-electron chi connectivity index (χ1n) is 9.71. The summed E-state index contributed by atoms with van der Waals surface area (Å²) in [4.78, 5) is 17.1. The van der Waals surface area contributed by atoms with E-state index < -0.39 is 0 Å². The van der Waals surface area contributed by atoms with E-state index in [-0.39, 0.29) is 12.5 Å². The molecule has 2 aromatic carbocycles. The molecule has 3 aromatic rings. The molecule has 1 amide bonds. The molecule has 0 saturated carbocycles. The molecule has 3 rings (SSSR count). The molecule has 0 saturated heterocycles. The Bertz CT molecular complexity index is 956. The number of methoxy groups -OCH3 is 1. The predicted octanol–water partition coefficient (Wildman–Crippen LogP) is 4.34. The number of ether oxygens (including phenoxy) is 2. The Balaban J connectivity index is 1.56. The van der Waals surface area contributed by atoms with E-state index in [0.29, 0.717) is 23.6 Å². The standard InChI is InChI=1S/C24H26N2O3/c1-18-9-7-15-25-21(18)12-8-16-26-24(27)20-11-4-3-10-19(20)17-29-23-14-6-5-13-22(23)28-2/h3-7,9-11,13-15H,8,12,16-17H2,1-2H3,(H,26,27). The van der Waals surface area contributed by atoms with Crippen molar-refractivity contribution < 1.29 is 14.3 Å². The lowest BCUT2D eigenvalue weighted by Crippen LogP contribution is -2.26. The van der Waals surface area contributed by atoms with Gasteiger partial charge in [-0.3, -0.25) is 9.78 Å². The summed E-state index contributed by atoms with van der Waals surface area (Å²) in [6, 6.07) is 18.9. The van der Waals surface area contributed by atoms with E-state index in [1.165, 1.54) is 5.56 Å². The third-order valence-corrected chi connectivity index (χ3v) is 4.71. The van der Waals surface area contributed by atoms with Crippen LogP contribution in [-0.2, 0) is 13.0 Å². The SMILES string of the molecule is COc1ccccc1OCc1ccccc1C(=O)NCCCc1ncccc1C. The third kappa shape index (κ3) is 5.57. The van der Waals surface area contributed by atoms with Gasteiger partial charge >= 0.3 is 0 Å². The number of nitrogens with one attached hydrogen (secondary N) is 1. The minimum absolute atomic E-state index is 0.0954. The number of pyridine rings is 1. The van der Waals surface area contributed by atoms with Gasteiger partial charge < -0.3 is 14.8 Å². The summed E-state index contributed by atoms with van der Waals surface area (Å²) < 4.78 is 11.2. The Labute approximate surface area is 171 Å². The number of carbonyl (C=O) groups is 1. The highest BCUT2D eigenvalue weighted by atomic mass is 16.5. The highest BCUT2D eigenvalue weighted by molar-refractivity contribution is 5.95. The highest BCUT2D eigenvalue weighted by Gasteiger charge is 2.12. The fraction of sp³-hybridized carbons (Fsp3) is 0.250. The molecule has 1 N–H and O–H groups in total. The number of carbonyl (C=O) groups excluding carboxylic acids is 1. The molecule has 150 valence electrons. The number of benzene rings is 2. The van der Waals surface area contributed by atoms with Gasteiger partial charge in [-0.2, -0.15) is 0 Å². The topological polar surface area (TPSA) is 60.5 Å². The van der Waals surface area contributed by atoms with E-state index in [4.69, 9.17) is 9.47 Å². The molecule has 0 unspecified atom stereocenters. The Kier molecular flexibility index (Phi) is 7.22. The number of amides is 1. The summed E-state index contributed by atoms with van der Waals surface area (Å²) in [5.41, 5.74) is 3.71. The van der Waals surface area contributed by atoms with Crippen LogP contribution in [0.15, 0.2) is 66.9 Å². The maximum Gasteiger partial charge on any atom is 0.251 e. The molecule has 0 bridgehead atoms. The van der Waals surface area contributed by atoms with Crippen LogP contribution in [0, 0.1) is 6.92 Å². The minimum Gasteiger partial charge on any atom is -0.493 e. The fourth-order valence-electron chi connectivity index (χ4n) is 3.09. The van der Waals surface area contributed by atoms with Gasteiger partial charge in [0.25, 0.3) is 5.91 Å². The van der Waals surface area contributed by atoms with E-state index in [9.17, 15) is 4.79 Å². The van der Waals surface area contributed by atoms with Crippen molar-refractivity contribution in [1.82, 2.24) is 10.3 Å². The summed E-state index contributed by atoms with van der Waals surface area (Å²) in [6.45, 7) is 2.94. The second kappa shape index (κ2) is 10.3. The maximum atomic E-state index is 12.7. The van der Waals surface area contributed by atoms with Crippen LogP contribution in [0.3, 0.4) is 0 Å². The molecule has 0 fully saturated rings. The summed E-state index contributed by atoms with van der Waals surface area (Å²) >= 11 is 0. The normalized spacial score (nSPS) is 10.4. The molecule has 0 radical (unpaired) electrons. The largest absolute Gasteiger partial charge is 0.493 e. The second-order valence-corrected chi connectivity index (χ2v) is 6.72. The highest BCUT2D eigenvalue weighted by Crippen LogP contribution is 2.27. The first kappa shape index (κ1) is 20.4. The van der Waals surface area contributed by atoms with Crippen molar-refractivity contribution in [2.45, 2.75) is 26.4 Å². The molecule has 0 aliphatic heterocycles. The minimum atomic E-state index is -0.0954. The van der Waals surface area contributed by atoms with Crippen molar-refractivity contribution in [2.75, 3.05) is 13.7 Å². The third-order valence-electron chi connectivity index (χ3n) is 4.71. The van der Waals surface area contributed by atoms with Crippen LogP contribution < -0.4 is 14.8 Å². The second-order valence-electron chi connectivity index (χ2n) is 6.72. The van der Waals surface area contributed by atoms with E-state index in [1.54, 1.807) is 13.3 Å². The summed E-state index contributed by atoms with van der Waals surface area (Å²) in [6.07, 6.45) is 3.48. The van der Waals surface area contributed by atoms with E-state index in [2.05, 4.69) is 23.3 Å². The number of nitrogens with zero attached hydrogens (tertiary/aromatic N) is 1. The average Bonchev–Trinajstić information content (AvgIpc) is 2.76. The summed E-state index contributed by atoms with van der Waals surface area (Å²) in [7, 11) is 1.61. The zero-order valence-electron chi connectivity index (χ0n) is 16.9. The van der Waals surface area contributed by atoms with Crippen molar-refractivity contribution >= 4 is 5.91 Å². The molecule has 0 aliphatic rings. The van der Waals surface area contributed by atoms with Gasteiger partial charge in [-0.1, -0.05) is 36.4 Å². The van der Waals surface area contributed by atoms with E-state index in [1.807, 2.05) is 54.6 Å². The van der Waals surface area contributed by atoms with Crippen LogP contribution in [0.25, 0.3) is 0 Å². The van der Waals surface area contributed by atoms with Crippen molar-refractivity contribution in [3.63, 3.8) is 0 Å². The molecule has 5 nitrogen and oxygen atoms in total. The van der Waals surface area contributed by atoms with Crippen molar-refractivity contribution in [3.05, 3.63) is 89.2 Å². The lowest BCUT2D eigenvalue weighted by molar-refractivity contribution is 0.0950. The van der Waals surface area contributed by atoms with Gasteiger partial charge in [-0.25, -0.2) is 0 Å². The summed E-state index contributed by atoms with van der Waals surface area (Å²) in [5.74, 6) is 1.22. The predicted molar refractivity (Wildman–Crippen MR) is 113 cm³/mol. The van der Waals surface area contributed by atoms with Gasteiger partial charge in [-0.15, -0.1) is 0 Å². The van der Waals surface area contributed by atoms with E-state index >= 15 is 0 Å². The van der Waals surface area contributed by atoms with Crippen LogP contribution in [-0.4, -0.2) is 24.5 Å². The molecular weight excluding hydrogens is 364 g/mol. The Morgan fingerprint density at radius 1 is 1.00 bits per heavy atom. The van der Waals surface area contributed by atoms with Gasteiger partial charge in [0, 0.05) is 29.6 Å². The van der Waals surface area contributed by atoms with E-state index in [0.717, 1.165) is 24.1 Å². The molecule has 0 spiro atoms. The lowest BCUT2D eigenvalue weighted by atomic mass is 10.1. The fourth-order valence-corrected chi connectivity index (χ4v) is 3.09. The van der Waals surface area contributed by atoms with Crippen molar-refractivity contribution in [1.29, 1.82) is 0 Å². The maximum absolute atomic E-state index is 12.7. The van der Waals surface area contributed by atoms with Crippen LogP contribution in [0.1, 0.15) is 33.6 Å². The number of rotatable bonds is 9. The number of hydrogen-bond acceptors (Lipinski definition) is 4. The van der Waals surface area contributed by atoms with Crippen LogP contribution in [0.5, 0.6) is 11.5 Å². The first-order chi connectivity index (χ1) is 14.2. The number of aryl methyl sites for hydroxylation is 2. The van der Waals surface area contributed by atoms with Crippen LogP contribution in [0.4, 0.5) is 0 Å². The molecule has 0 aliphatic carbocycles. The van der Waals surface area contributed by atoms with Gasteiger partial charge in [0.1, 0.15) is 6.61 Å². The Morgan fingerprint density at radius 2 is 1.76 bits per heavy atom. The van der Waals surface area contributed by atoms with Gasteiger partial charge in [0.05, 0.1) is 7.11 Å². The van der Waals surface area contributed by atoms with Crippen LogP contribution in [0.2, 0.25) is 0 Å². The van der Waals surface area contributed by atoms with Gasteiger partial charge in [0.15, 0.2) is 11.5 Å². The molecule has 1 heterocycles. The lowest BCUT2D eigenvalue weighted by Gasteiger charge is -2.13. The Morgan fingerprint density at radius 3 is 2.55 bits per heavy atom. The first-order valence-corrected chi connectivity index (χ1v) is 9.71. The average molecular weight is 390 g/mol. The van der Waals surface area contributed by atoms with Crippen molar-refractivity contribution in [3.8, 4) is 11.5 Å². The number of aromatic nitrogens is 1. The number of para-hydroxylation sites is 2. The monoisotopic (exact) mass is 390 g/mol. The molecule has 1 aromatic heterocycles. The smallest absolute Gasteiger partial charge is 0.251 e. The number of hydrogen-bond donors (Lipinski definition) is 1.